The Morgan fingerprint density at radius 2 is 2.10 bits per heavy atom. The molecule has 0 atom stereocenters. The lowest BCUT2D eigenvalue weighted by Gasteiger charge is -2.11. The van der Waals surface area contributed by atoms with Crippen LogP contribution in [0.15, 0.2) is 18.2 Å². The molecular weight excluding hydrogens is 322 g/mol. The van der Waals surface area contributed by atoms with Gasteiger partial charge in [-0.15, -0.1) is 11.3 Å². The molecule has 0 fully saturated rings. The maximum Gasteiger partial charge on any atom is 0.189 e. The first-order valence-corrected chi connectivity index (χ1v) is 8.55. The van der Waals surface area contributed by atoms with Crippen LogP contribution in [0.5, 0.6) is 0 Å². The normalized spacial score (nSPS) is 13.6. The van der Waals surface area contributed by atoms with E-state index in [4.69, 9.17) is 23.8 Å². The van der Waals surface area contributed by atoms with Gasteiger partial charge in [0.2, 0.25) is 0 Å². The molecule has 0 radical (unpaired) electrons. The van der Waals surface area contributed by atoms with Crippen molar-refractivity contribution in [2.24, 2.45) is 0 Å². The van der Waals surface area contributed by atoms with Crippen molar-refractivity contribution in [1.82, 2.24) is 4.98 Å². The predicted octanol–water partition coefficient (Wildman–Crippen LogP) is 4.79. The lowest BCUT2D eigenvalue weighted by Crippen LogP contribution is -2.19. The lowest BCUT2D eigenvalue weighted by molar-refractivity contribution is 0.683. The van der Waals surface area contributed by atoms with Gasteiger partial charge in [0.15, 0.2) is 10.2 Å². The molecule has 110 valence electrons. The second kappa shape index (κ2) is 6.30. The highest BCUT2D eigenvalue weighted by Crippen LogP contribution is 2.30. The van der Waals surface area contributed by atoms with Crippen molar-refractivity contribution in [2.45, 2.75) is 32.6 Å². The number of benzene rings is 1. The van der Waals surface area contributed by atoms with Crippen LogP contribution in [0.3, 0.4) is 0 Å². The number of hydrogen-bond acceptors (Lipinski definition) is 3. The van der Waals surface area contributed by atoms with Crippen molar-refractivity contribution in [3.05, 3.63) is 39.4 Å². The van der Waals surface area contributed by atoms with Crippen LogP contribution in [0.4, 0.5) is 10.8 Å². The van der Waals surface area contributed by atoms with E-state index in [1.165, 1.54) is 23.4 Å². The zero-order valence-corrected chi connectivity index (χ0v) is 14.1. The molecule has 1 aromatic heterocycles. The molecule has 0 saturated heterocycles. The third kappa shape index (κ3) is 3.36. The molecule has 0 saturated carbocycles. The highest BCUT2D eigenvalue weighted by atomic mass is 35.5. The number of fused-ring (bicyclic) bond motifs is 1. The van der Waals surface area contributed by atoms with Crippen molar-refractivity contribution >= 4 is 51.1 Å². The number of nitrogens with zero attached hydrogens (tertiary/aromatic N) is 1. The molecule has 2 aromatic rings. The molecule has 21 heavy (non-hydrogen) atoms. The molecular formula is C15H16ClN3S2. The number of thiocarbonyl (C=S) groups is 1. The smallest absolute Gasteiger partial charge is 0.189 e. The molecule has 1 aliphatic carbocycles. The number of rotatable bonds is 2. The zero-order valence-electron chi connectivity index (χ0n) is 11.7. The van der Waals surface area contributed by atoms with E-state index in [9.17, 15) is 0 Å². The largest absolute Gasteiger partial charge is 0.332 e. The van der Waals surface area contributed by atoms with Gasteiger partial charge in [-0.2, -0.15) is 0 Å². The lowest BCUT2D eigenvalue weighted by atomic mass is 10.0. The second-order valence-corrected chi connectivity index (χ2v) is 6.99. The number of halogens is 1. The van der Waals surface area contributed by atoms with E-state index < -0.39 is 0 Å². The molecule has 6 heteroatoms. The van der Waals surface area contributed by atoms with Crippen molar-refractivity contribution in [3.8, 4) is 0 Å². The fourth-order valence-electron chi connectivity index (χ4n) is 2.40. The van der Waals surface area contributed by atoms with Gasteiger partial charge in [-0.1, -0.05) is 17.7 Å². The van der Waals surface area contributed by atoms with Gasteiger partial charge in [0.1, 0.15) is 0 Å². The number of aryl methyl sites for hydroxylation is 2. The Bertz CT molecular complexity index is 658. The van der Waals surface area contributed by atoms with Gasteiger partial charge < -0.3 is 10.6 Å². The summed E-state index contributed by atoms with van der Waals surface area (Å²) in [6.45, 7) is 1.97. The predicted molar refractivity (Wildman–Crippen MR) is 94.8 cm³/mol. The van der Waals surface area contributed by atoms with Crippen molar-refractivity contribution in [2.75, 3.05) is 10.6 Å². The Balaban J connectivity index is 1.69. The van der Waals surface area contributed by atoms with Gasteiger partial charge in [0.05, 0.1) is 5.69 Å². The van der Waals surface area contributed by atoms with Crippen LogP contribution in [0, 0.1) is 6.92 Å². The number of hydrogen-bond donors (Lipinski definition) is 2. The Morgan fingerprint density at radius 3 is 2.90 bits per heavy atom. The van der Waals surface area contributed by atoms with Crippen LogP contribution in [0.2, 0.25) is 5.02 Å². The summed E-state index contributed by atoms with van der Waals surface area (Å²) < 4.78 is 0. The minimum absolute atomic E-state index is 0.548. The summed E-state index contributed by atoms with van der Waals surface area (Å²) in [7, 11) is 0. The van der Waals surface area contributed by atoms with E-state index >= 15 is 0 Å². The zero-order chi connectivity index (χ0) is 14.8. The van der Waals surface area contributed by atoms with Crippen LogP contribution in [-0.2, 0) is 12.8 Å². The molecule has 2 N–H and O–H groups in total. The van der Waals surface area contributed by atoms with Crippen LogP contribution < -0.4 is 10.6 Å². The molecule has 0 spiro atoms. The molecule has 3 rings (SSSR count). The molecule has 3 nitrogen and oxygen atoms in total. The third-order valence-corrected chi connectivity index (χ3v) is 5.27. The first-order chi connectivity index (χ1) is 10.1. The number of aromatic nitrogens is 1. The minimum Gasteiger partial charge on any atom is -0.332 e. The van der Waals surface area contributed by atoms with E-state index in [0.717, 1.165) is 34.2 Å². The summed E-state index contributed by atoms with van der Waals surface area (Å²) in [4.78, 5) is 6.02. The third-order valence-electron chi connectivity index (χ3n) is 3.58. The van der Waals surface area contributed by atoms with E-state index in [0.29, 0.717) is 5.11 Å². The van der Waals surface area contributed by atoms with E-state index in [1.807, 2.05) is 25.1 Å². The average molecular weight is 338 g/mol. The second-order valence-electron chi connectivity index (χ2n) is 5.09. The number of nitrogens with one attached hydrogen (secondary N) is 2. The first-order valence-electron chi connectivity index (χ1n) is 6.95. The van der Waals surface area contributed by atoms with Gasteiger partial charge in [-0.3, -0.25) is 0 Å². The van der Waals surface area contributed by atoms with Gasteiger partial charge in [0.25, 0.3) is 0 Å². The summed E-state index contributed by atoms with van der Waals surface area (Å²) in [5, 5.41) is 8.51. The van der Waals surface area contributed by atoms with Crippen LogP contribution in [0.25, 0.3) is 0 Å². The molecule has 1 aromatic carbocycles. The summed E-state index contributed by atoms with van der Waals surface area (Å²) in [6.07, 6.45) is 4.73. The average Bonchev–Trinajstić information content (AvgIpc) is 2.86. The highest BCUT2D eigenvalue weighted by Gasteiger charge is 2.15. The van der Waals surface area contributed by atoms with Gasteiger partial charge in [0, 0.05) is 15.6 Å². The van der Waals surface area contributed by atoms with Crippen molar-refractivity contribution in [3.63, 3.8) is 0 Å². The van der Waals surface area contributed by atoms with Crippen molar-refractivity contribution in [1.29, 1.82) is 0 Å². The van der Waals surface area contributed by atoms with Crippen LogP contribution in [-0.4, -0.2) is 10.1 Å². The minimum atomic E-state index is 0.548. The molecule has 0 bridgehead atoms. The molecule has 0 amide bonds. The van der Waals surface area contributed by atoms with Crippen molar-refractivity contribution < 1.29 is 0 Å². The van der Waals surface area contributed by atoms with E-state index in [-0.39, 0.29) is 0 Å². The molecule has 1 aliphatic rings. The summed E-state index contributed by atoms with van der Waals surface area (Å²) in [5.41, 5.74) is 3.14. The topological polar surface area (TPSA) is 37.0 Å². The summed E-state index contributed by atoms with van der Waals surface area (Å²) in [5.74, 6) is 0. The van der Waals surface area contributed by atoms with E-state index in [2.05, 4.69) is 15.6 Å². The number of anilines is 2. The van der Waals surface area contributed by atoms with Gasteiger partial charge in [-0.05, 0) is 62.5 Å². The van der Waals surface area contributed by atoms with Crippen LogP contribution >= 0.6 is 35.2 Å². The Morgan fingerprint density at radius 1 is 1.29 bits per heavy atom. The highest BCUT2D eigenvalue weighted by molar-refractivity contribution is 7.80. The maximum absolute atomic E-state index is 6.11. The fraction of sp³-hybridized carbons (Fsp3) is 0.333. The molecule has 0 unspecified atom stereocenters. The summed E-state index contributed by atoms with van der Waals surface area (Å²) in [6, 6.07) is 5.73. The monoisotopic (exact) mass is 337 g/mol. The standard InChI is InChI=1S/C15H16ClN3S2/c1-9-10(16)5-4-7-11(9)17-14(20)19-15-18-12-6-2-3-8-13(12)21-15/h4-5,7H,2-3,6,8H2,1H3,(H2,17,18,19,20). The SMILES string of the molecule is Cc1c(Cl)cccc1NC(=S)Nc1nc2c(s1)CCCC2. The van der Waals surface area contributed by atoms with Gasteiger partial charge >= 0.3 is 0 Å². The fourth-order valence-corrected chi connectivity index (χ4v) is 3.90. The molecule has 1 heterocycles. The molecule has 0 aliphatic heterocycles. The number of thiazole rings is 1. The quantitative estimate of drug-likeness (QED) is 0.772. The van der Waals surface area contributed by atoms with Crippen LogP contribution in [0.1, 0.15) is 29.0 Å². The first kappa shape index (κ1) is 14.8. The summed E-state index contributed by atoms with van der Waals surface area (Å²) >= 11 is 13.2. The Hall–Kier alpha value is -1.17. The Labute approximate surface area is 138 Å². The van der Waals surface area contributed by atoms with Gasteiger partial charge in [-0.25, -0.2) is 4.98 Å². The Kier molecular flexibility index (Phi) is 4.42. The van der Waals surface area contributed by atoms with E-state index in [1.54, 1.807) is 11.3 Å². The maximum atomic E-state index is 6.11.